The summed E-state index contributed by atoms with van der Waals surface area (Å²) in [6, 6.07) is 11.2. The number of carbonyl (C=O) groups is 2. The molecule has 334 valence electrons. The number of amides is 1. The van der Waals surface area contributed by atoms with Crippen molar-refractivity contribution in [2.45, 2.75) is 31.8 Å². The summed E-state index contributed by atoms with van der Waals surface area (Å²) in [5, 5.41) is 15.5. The largest absolute Gasteiger partial charge is 0.513 e. The van der Waals surface area contributed by atoms with Crippen molar-refractivity contribution in [3.63, 3.8) is 0 Å². The van der Waals surface area contributed by atoms with Crippen LogP contribution in [-0.4, -0.2) is 115 Å². The zero-order valence-corrected chi connectivity index (χ0v) is 35.8. The molecule has 8 rings (SSSR count). The predicted octanol–water partition coefficient (Wildman–Crippen LogP) is 5.73. The normalized spacial score (nSPS) is 18.8. The molecular weight excluding hydrogens is 852 g/mol. The van der Waals surface area contributed by atoms with Crippen LogP contribution in [-0.2, 0) is 23.6 Å². The Morgan fingerprint density at radius 1 is 1.08 bits per heavy atom. The Kier molecular flexibility index (Phi) is 13.1. The monoisotopic (exact) mass is 897 g/mol. The number of para-hydroxylation sites is 1. The molecule has 4 heterocycles. The van der Waals surface area contributed by atoms with E-state index in [0.29, 0.717) is 19.8 Å². The van der Waals surface area contributed by atoms with Crippen LogP contribution in [0.3, 0.4) is 0 Å². The maximum absolute atomic E-state index is 17.7. The lowest BCUT2D eigenvalue weighted by Gasteiger charge is -2.30. The SMILES string of the molecule is C#Cc1c(F)ccc2cc(OP(=O)(N[C@@H](C)C(=O)O)Oc3ccccc3)cc(-c3ncc4c(N5CCOC[C@H](NC(=O)C=C)C5)nc(OCC5(CN6CCOCC6)CC5)nc4c3F)c12. The summed E-state index contributed by atoms with van der Waals surface area (Å²) in [6.45, 7) is 9.79. The first-order valence-electron chi connectivity index (χ1n) is 20.7. The standard InChI is InChI=1S/C45H46F2N7O9P/c1-4-33-36(46)12-11-29-21-32(63-64(58,52-28(3)43(56)57)62-31-9-7-6-8-10-31)22-34(38(29)33)40-39(47)41-35(23-48-40)42(54-17-20-60-25-30(24-54)49-37(55)5-2)51-44(50-41)61-27-45(13-14-45)26-53-15-18-59-19-16-53/h1,5-12,21-23,28,30H,2,13-20,24-27H2,3H3,(H,49,55)(H,52,58)(H,56,57)/t28-,30+,64?/m0/s1. The topological polar surface area (TPSA) is 187 Å². The van der Waals surface area contributed by atoms with Gasteiger partial charge in [-0.3, -0.25) is 19.5 Å². The molecular formula is C45H46F2N7O9P. The van der Waals surface area contributed by atoms with Crippen LogP contribution in [0.25, 0.3) is 32.9 Å². The number of carbonyl (C=O) groups excluding carboxylic acids is 1. The highest BCUT2D eigenvalue weighted by molar-refractivity contribution is 7.52. The number of aliphatic carboxylic acids is 1. The molecule has 3 atom stereocenters. The molecule has 0 radical (unpaired) electrons. The summed E-state index contributed by atoms with van der Waals surface area (Å²) in [4.78, 5) is 42.4. The zero-order valence-electron chi connectivity index (χ0n) is 34.9. The van der Waals surface area contributed by atoms with Crippen molar-refractivity contribution >= 4 is 47.1 Å². The maximum Gasteiger partial charge on any atom is 0.513 e. The first-order valence-corrected chi connectivity index (χ1v) is 22.2. The minimum atomic E-state index is -4.57. The minimum Gasteiger partial charge on any atom is -0.480 e. The molecule has 2 saturated heterocycles. The van der Waals surface area contributed by atoms with E-state index < -0.39 is 43.3 Å². The second-order valence-corrected chi connectivity index (χ2v) is 17.6. The summed E-state index contributed by atoms with van der Waals surface area (Å²) in [5.41, 5.74) is -0.927. The molecule has 3 N–H and O–H groups in total. The number of benzene rings is 3. The second-order valence-electron chi connectivity index (χ2n) is 15.9. The number of carboxylic acid groups (broad SMARTS) is 1. The van der Waals surface area contributed by atoms with E-state index in [9.17, 15) is 19.3 Å². The molecule has 2 aromatic heterocycles. The van der Waals surface area contributed by atoms with Crippen LogP contribution in [0.1, 0.15) is 25.3 Å². The van der Waals surface area contributed by atoms with Gasteiger partial charge in [0.15, 0.2) is 5.82 Å². The lowest BCUT2D eigenvalue weighted by molar-refractivity contribution is -0.138. The lowest BCUT2D eigenvalue weighted by atomic mass is 9.96. The van der Waals surface area contributed by atoms with E-state index in [1.807, 2.05) is 4.90 Å². The lowest BCUT2D eigenvalue weighted by Crippen LogP contribution is -2.44. The third-order valence-corrected chi connectivity index (χ3v) is 12.8. The van der Waals surface area contributed by atoms with Crippen molar-refractivity contribution in [2.24, 2.45) is 5.41 Å². The summed E-state index contributed by atoms with van der Waals surface area (Å²) in [7, 11) is -4.57. The summed E-state index contributed by atoms with van der Waals surface area (Å²) in [6.07, 6.45) is 10.3. The molecule has 0 spiro atoms. The molecule has 1 aliphatic carbocycles. The molecule has 5 aromatic rings. The van der Waals surface area contributed by atoms with E-state index in [2.05, 4.69) is 37.8 Å². The molecule has 16 nitrogen and oxygen atoms in total. The van der Waals surface area contributed by atoms with Gasteiger partial charge in [0.25, 0.3) is 0 Å². The number of hydrogen-bond donors (Lipinski definition) is 3. The number of nitrogens with one attached hydrogen (secondary N) is 2. The van der Waals surface area contributed by atoms with Gasteiger partial charge in [-0.15, -0.1) is 6.42 Å². The van der Waals surface area contributed by atoms with Crippen molar-refractivity contribution in [3.05, 3.63) is 90.6 Å². The van der Waals surface area contributed by atoms with Gasteiger partial charge in [0.1, 0.15) is 40.4 Å². The molecule has 1 amide bonds. The number of nitrogens with zero attached hydrogens (tertiary/aromatic N) is 5. The Balaban J connectivity index is 1.25. The Morgan fingerprint density at radius 2 is 1.83 bits per heavy atom. The summed E-state index contributed by atoms with van der Waals surface area (Å²) < 4.78 is 77.0. The number of halogens is 2. The Bertz CT molecular complexity index is 2680. The van der Waals surface area contributed by atoms with Gasteiger partial charge < -0.3 is 38.6 Å². The third-order valence-electron chi connectivity index (χ3n) is 11.2. The number of rotatable bonds is 16. The van der Waals surface area contributed by atoms with Crippen molar-refractivity contribution < 1.29 is 51.3 Å². The van der Waals surface area contributed by atoms with Crippen LogP contribution in [0.5, 0.6) is 17.5 Å². The van der Waals surface area contributed by atoms with E-state index in [1.54, 1.807) is 18.2 Å². The van der Waals surface area contributed by atoms with Gasteiger partial charge in [0.05, 0.1) is 50.0 Å². The number of fused-ring (bicyclic) bond motifs is 2. The van der Waals surface area contributed by atoms with Crippen LogP contribution in [0.2, 0.25) is 0 Å². The number of hydrogen-bond acceptors (Lipinski definition) is 13. The maximum atomic E-state index is 17.7. The van der Waals surface area contributed by atoms with Crippen LogP contribution in [0.4, 0.5) is 14.6 Å². The van der Waals surface area contributed by atoms with Crippen LogP contribution in [0, 0.1) is 29.4 Å². The van der Waals surface area contributed by atoms with Crippen LogP contribution >= 0.6 is 7.75 Å². The molecule has 1 saturated carbocycles. The number of carboxylic acids is 1. The highest BCUT2D eigenvalue weighted by atomic mass is 31.2. The predicted molar refractivity (Wildman–Crippen MR) is 233 cm³/mol. The average Bonchev–Trinajstić information content (AvgIpc) is 4.09. The fraction of sp³-hybridized carbons (Fsp3) is 0.356. The number of aromatic nitrogens is 3. The first kappa shape index (κ1) is 44.4. The summed E-state index contributed by atoms with van der Waals surface area (Å²) in [5.74, 6) is -0.890. The van der Waals surface area contributed by atoms with Gasteiger partial charge in [-0.2, -0.15) is 15.1 Å². The minimum absolute atomic E-state index is 0.0580. The number of pyridine rings is 1. The van der Waals surface area contributed by atoms with Gasteiger partial charge in [0, 0.05) is 55.3 Å². The fourth-order valence-corrected chi connectivity index (χ4v) is 9.27. The highest BCUT2D eigenvalue weighted by Crippen LogP contribution is 2.49. The quantitative estimate of drug-likeness (QED) is 0.0619. The third kappa shape index (κ3) is 9.94. The number of morpholine rings is 1. The molecule has 0 bridgehead atoms. The van der Waals surface area contributed by atoms with Crippen molar-refractivity contribution in [1.82, 2.24) is 30.3 Å². The van der Waals surface area contributed by atoms with Gasteiger partial charge in [-0.1, -0.05) is 36.8 Å². The van der Waals surface area contributed by atoms with E-state index in [0.717, 1.165) is 44.6 Å². The number of ether oxygens (including phenoxy) is 3. The fourth-order valence-electron chi connectivity index (χ4n) is 7.76. The molecule has 64 heavy (non-hydrogen) atoms. The van der Waals surface area contributed by atoms with Crippen molar-refractivity contribution in [3.8, 4) is 41.1 Å². The highest BCUT2D eigenvalue weighted by Gasteiger charge is 2.45. The molecule has 1 unspecified atom stereocenters. The Labute approximate surface area is 367 Å². The first-order chi connectivity index (χ1) is 30.9. The van der Waals surface area contributed by atoms with Crippen LogP contribution in [0.15, 0.2) is 73.4 Å². The van der Waals surface area contributed by atoms with Gasteiger partial charge in [0.2, 0.25) is 5.91 Å². The number of terminal acetylenes is 1. The zero-order chi connectivity index (χ0) is 45.0. The average molecular weight is 898 g/mol. The van der Waals surface area contributed by atoms with E-state index in [1.165, 1.54) is 43.5 Å². The van der Waals surface area contributed by atoms with E-state index >= 15 is 8.78 Å². The Hall–Kier alpha value is -6.22. The molecule has 3 fully saturated rings. The molecule has 2 aliphatic heterocycles. The van der Waals surface area contributed by atoms with Gasteiger partial charge >= 0.3 is 19.7 Å². The Morgan fingerprint density at radius 3 is 2.55 bits per heavy atom. The van der Waals surface area contributed by atoms with Gasteiger partial charge in [-0.05, 0) is 61.6 Å². The molecule has 19 heteroatoms. The van der Waals surface area contributed by atoms with Crippen molar-refractivity contribution in [2.75, 3.05) is 70.7 Å². The van der Waals surface area contributed by atoms with Gasteiger partial charge in [-0.25, -0.2) is 13.3 Å². The van der Waals surface area contributed by atoms with E-state index in [4.69, 9.17) is 34.7 Å². The second kappa shape index (κ2) is 18.9. The number of anilines is 1. The van der Waals surface area contributed by atoms with E-state index in [-0.39, 0.29) is 93.6 Å². The molecule has 3 aromatic carbocycles. The summed E-state index contributed by atoms with van der Waals surface area (Å²) >= 11 is 0. The van der Waals surface area contributed by atoms with Crippen molar-refractivity contribution in [1.29, 1.82) is 0 Å². The smallest absolute Gasteiger partial charge is 0.480 e. The molecule has 3 aliphatic rings. The van der Waals surface area contributed by atoms with Crippen LogP contribution < -0.4 is 29.1 Å².